The standard InChI is InChI=1S/C47H55F3N10O5/c48-47(49,50)39-24-35(2-1-33(39)25-51)57-17-12-32(13-18-57)43(62)53-41-7-4-36(26-52-41)58-14-9-30(10-15-58)27-55-19-21-56(22-20-55)28-31-11-16-59(29-31)34-3-5-37-38(23-34)46(65)60(45(37)64)40-6-8-42(61)54-44(40)63/h1-2,4,7,23-24,26,30-32,40H,3,5-6,8-22,27-29H2,(H,52,53,62)(H,54,61,63)/t31-,40?/m0/s1. The Morgan fingerprint density at radius 3 is 2.08 bits per heavy atom. The number of pyridine rings is 1. The summed E-state index contributed by atoms with van der Waals surface area (Å²) < 4.78 is 40.5. The topological polar surface area (TPSA) is 166 Å². The van der Waals surface area contributed by atoms with Crippen molar-refractivity contribution < 1.29 is 37.1 Å². The summed E-state index contributed by atoms with van der Waals surface area (Å²) in [5, 5.41) is 14.3. The molecule has 1 aromatic carbocycles. The van der Waals surface area contributed by atoms with Gasteiger partial charge in [0.25, 0.3) is 11.8 Å². The first-order chi connectivity index (χ1) is 31.3. The molecule has 5 amide bonds. The zero-order chi connectivity index (χ0) is 45.4. The first-order valence-corrected chi connectivity index (χ1v) is 23.0. The Labute approximate surface area is 376 Å². The number of rotatable bonds is 10. The van der Waals surface area contributed by atoms with Crippen molar-refractivity contribution in [2.24, 2.45) is 17.8 Å². The summed E-state index contributed by atoms with van der Waals surface area (Å²) in [6.45, 7) is 10.9. The van der Waals surface area contributed by atoms with Gasteiger partial charge in [0.15, 0.2) is 0 Å². The molecule has 1 aromatic heterocycles. The van der Waals surface area contributed by atoms with Crippen LogP contribution in [0.15, 0.2) is 59.4 Å². The number of imide groups is 2. The highest BCUT2D eigenvalue weighted by atomic mass is 19.4. The second-order valence-electron chi connectivity index (χ2n) is 18.6. The van der Waals surface area contributed by atoms with E-state index in [0.29, 0.717) is 73.3 Å². The van der Waals surface area contributed by atoms with E-state index >= 15 is 0 Å². The van der Waals surface area contributed by atoms with Crippen LogP contribution in [0.2, 0.25) is 0 Å². The summed E-state index contributed by atoms with van der Waals surface area (Å²) in [5.41, 5.74) is 2.02. The average molecular weight is 897 g/mol. The molecule has 65 heavy (non-hydrogen) atoms. The van der Waals surface area contributed by atoms with E-state index in [2.05, 4.69) is 35.2 Å². The molecule has 2 aromatic rings. The number of nitriles is 1. The van der Waals surface area contributed by atoms with Crippen molar-refractivity contribution in [1.29, 1.82) is 5.26 Å². The van der Waals surface area contributed by atoms with Gasteiger partial charge in [-0.15, -0.1) is 0 Å². The third-order valence-corrected chi connectivity index (χ3v) is 14.5. The largest absolute Gasteiger partial charge is 0.417 e. The number of carbonyl (C=O) groups is 5. The number of benzene rings is 1. The molecule has 7 aliphatic rings. The van der Waals surface area contributed by atoms with Gasteiger partial charge >= 0.3 is 6.18 Å². The molecule has 1 aliphatic carbocycles. The molecule has 15 nitrogen and oxygen atoms in total. The summed E-state index contributed by atoms with van der Waals surface area (Å²) in [7, 11) is 0. The first-order valence-electron chi connectivity index (χ1n) is 23.0. The van der Waals surface area contributed by atoms with Crippen molar-refractivity contribution in [1.82, 2.24) is 29.9 Å². The van der Waals surface area contributed by atoms with Gasteiger partial charge in [-0.3, -0.25) is 34.2 Å². The Morgan fingerprint density at radius 1 is 0.769 bits per heavy atom. The fourth-order valence-corrected chi connectivity index (χ4v) is 10.8. The van der Waals surface area contributed by atoms with Crippen LogP contribution in [0.3, 0.4) is 0 Å². The summed E-state index contributed by atoms with van der Waals surface area (Å²) in [5.74, 6) is -0.609. The number of alkyl halides is 3. The number of allylic oxidation sites excluding steroid dienone is 1. The zero-order valence-electron chi connectivity index (χ0n) is 36.5. The molecule has 1 unspecified atom stereocenters. The summed E-state index contributed by atoms with van der Waals surface area (Å²) in [4.78, 5) is 81.2. The highest BCUT2D eigenvalue weighted by Crippen LogP contribution is 2.38. The lowest BCUT2D eigenvalue weighted by Gasteiger charge is -2.40. The highest BCUT2D eigenvalue weighted by Gasteiger charge is 2.47. The minimum absolute atomic E-state index is 0.106. The fraction of sp³-hybridized carbons (Fsp3) is 0.553. The molecular formula is C47H55F3N10O5. The lowest BCUT2D eigenvalue weighted by atomic mass is 9.95. The van der Waals surface area contributed by atoms with Gasteiger partial charge in [0.1, 0.15) is 11.9 Å². The van der Waals surface area contributed by atoms with E-state index in [-0.39, 0.29) is 30.6 Å². The van der Waals surface area contributed by atoms with Crippen LogP contribution >= 0.6 is 0 Å². The van der Waals surface area contributed by atoms with E-state index < -0.39 is 41.1 Å². The lowest BCUT2D eigenvalue weighted by Crippen LogP contribution is -2.54. The number of hydrogen-bond donors (Lipinski definition) is 2. The van der Waals surface area contributed by atoms with Gasteiger partial charge in [0.05, 0.1) is 34.7 Å². The van der Waals surface area contributed by atoms with E-state index in [1.165, 1.54) is 12.1 Å². The highest BCUT2D eigenvalue weighted by molar-refractivity contribution is 6.23. The van der Waals surface area contributed by atoms with Gasteiger partial charge in [-0.2, -0.15) is 18.4 Å². The second kappa shape index (κ2) is 18.6. The number of piperidine rings is 3. The number of nitrogens with one attached hydrogen (secondary N) is 2. The molecule has 18 heteroatoms. The van der Waals surface area contributed by atoms with Crippen molar-refractivity contribution >= 4 is 46.7 Å². The molecule has 5 saturated heterocycles. The van der Waals surface area contributed by atoms with E-state index in [0.717, 1.165) is 107 Å². The normalized spacial score (nSPS) is 24.4. The van der Waals surface area contributed by atoms with Gasteiger partial charge in [0.2, 0.25) is 17.7 Å². The maximum Gasteiger partial charge on any atom is 0.417 e. The van der Waals surface area contributed by atoms with Crippen molar-refractivity contribution in [2.45, 2.75) is 70.0 Å². The van der Waals surface area contributed by atoms with Gasteiger partial charge in [0, 0.05) is 108 Å². The molecule has 0 radical (unpaired) electrons. The quantitative estimate of drug-likeness (QED) is 0.329. The van der Waals surface area contributed by atoms with Crippen LogP contribution in [-0.2, 0) is 30.1 Å². The predicted molar refractivity (Wildman–Crippen MR) is 234 cm³/mol. The van der Waals surface area contributed by atoms with Gasteiger partial charge in [-0.05, 0) is 99.6 Å². The van der Waals surface area contributed by atoms with E-state index in [1.807, 2.05) is 29.3 Å². The van der Waals surface area contributed by atoms with Crippen LogP contribution in [-0.4, -0.2) is 139 Å². The van der Waals surface area contributed by atoms with Crippen molar-refractivity contribution in [3.05, 3.63) is 70.6 Å². The molecular weight excluding hydrogens is 842 g/mol. The monoisotopic (exact) mass is 896 g/mol. The SMILES string of the molecule is N#Cc1ccc(N2CCC(C(=O)Nc3ccc(N4CCC(CN5CCN(C[C@@H]6CCN(C7=CC8=C(CC7)C(=O)N(C7CCC(=O)NC7=O)C8=O)C6)CC5)CC4)cn3)CC2)cc1C(F)(F)F. The lowest BCUT2D eigenvalue weighted by molar-refractivity contribution is -0.150. The fourth-order valence-electron chi connectivity index (χ4n) is 10.8. The van der Waals surface area contributed by atoms with Crippen LogP contribution in [0, 0.1) is 29.1 Å². The number of likely N-dealkylation sites (tertiary alicyclic amines) is 1. The maximum atomic E-state index is 13.5. The van der Waals surface area contributed by atoms with E-state index in [4.69, 9.17) is 5.26 Å². The first kappa shape index (κ1) is 44.4. The van der Waals surface area contributed by atoms with Crippen LogP contribution in [0.4, 0.5) is 30.4 Å². The summed E-state index contributed by atoms with van der Waals surface area (Å²) in [6, 6.07) is 8.25. The number of anilines is 3. The van der Waals surface area contributed by atoms with Crippen LogP contribution in [0.5, 0.6) is 0 Å². The molecule has 7 heterocycles. The third kappa shape index (κ3) is 9.62. The number of amides is 5. The Bertz CT molecular complexity index is 2300. The minimum Gasteiger partial charge on any atom is -0.374 e. The molecule has 2 atom stereocenters. The van der Waals surface area contributed by atoms with E-state index in [1.54, 1.807) is 6.07 Å². The Balaban J connectivity index is 0.668. The maximum absolute atomic E-state index is 13.5. The second-order valence-corrected chi connectivity index (χ2v) is 18.6. The third-order valence-electron chi connectivity index (χ3n) is 14.5. The number of halogens is 3. The summed E-state index contributed by atoms with van der Waals surface area (Å²) >= 11 is 0. The van der Waals surface area contributed by atoms with Crippen LogP contribution < -0.4 is 20.4 Å². The Kier molecular flexibility index (Phi) is 12.7. The molecule has 0 saturated carbocycles. The van der Waals surface area contributed by atoms with Crippen LogP contribution in [0.25, 0.3) is 0 Å². The molecule has 6 aliphatic heterocycles. The number of carbonyl (C=O) groups excluding carboxylic acids is 5. The van der Waals surface area contributed by atoms with E-state index in [9.17, 15) is 37.1 Å². The number of nitrogens with zero attached hydrogens (tertiary/aromatic N) is 8. The predicted octanol–water partition coefficient (Wildman–Crippen LogP) is 4.13. The molecule has 2 N–H and O–H groups in total. The Morgan fingerprint density at radius 2 is 1.42 bits per heavy atom. The Hall–Kier alpha value is -5.80. The van der Waals surface area contributed by atoms with Gasteiger partial charge < -0.3 is 29.8 Å². The number of hydrogen-bond acceptors (Lipinski definition) is 12. The van der Waals surface area contributed by atoms with Crippen molar-refractivity contribution in [3.8, 4) is 6.07 Å². The molecule has 5 fully saturated rings. The van der Waals surface area contributed by atoms with Gasteiger partial charge in [-0.1, -0.05) is 0 Å². The number of piperazine rings is 1. The van der Waals surface area contributed by atoms with Crippen molar-refractivity contribution in [3.63, 3.8) is 0 Å². The minimum atomic E-state index is -4.62. The molecule has 0 spiro atoms. The molecule has 0 bridgehead atoms. The van der Waals surface area contributed by atoms with Gasteiger partial charge in [-0.25, -0.2) is 4.98 Å². The average Bonchev–Trinajstić information content (AvgIpc) is 3.88. The smallest absolute Gasteiger partial charge is 0.374 e. The molecule has 344 valence electrons. The van der Waals surface area contributed by atoms with Crippen molar-refractivity contribution in [2.75, 3.05) is 93.7 Å². The summed E-state index contributed by atoms with van der Waals surface area (Å²) in [6.07, 6.45) is 4.73. The molecule has 9 rings (SSSR count). The number of aromatic nitrogens is 1. The van der Waals surface area contributed by atoms with Crippen LogP contribution in [0.1, 0.15) is 68.9 Å². The zero-order valence-corrected chi connectivity index (χ0v) is 36.5.